The summed E-state index contributed by atoms with van der Waals surface area (Å²) in [5, 5.41) is 0. The van der Waals surface area contributed by atoms with Crippen molar-refractivity contribution < 1.29 is 0 Å². The number of nitrogens with zero attached hydrogens (tertiary/aromatic N) is 1. The molecular weight excluding hydrogens is 157 g/mol. The summed E-state index contributed by atoms with van der Waals surface area (Å²) >= 11 is 10.8. The zero-order valence-electron chi connectivity index (χ0n) is 4.51. The van der Waals surface area contributed by atoms with Crippen LogP contribution >= 0.6 is 23.2 Å². The van der Waals surface area contributed by atoms with E-state index in [2.05, 4.69) is 4.98 Å². The second-order valence-corrected chi connectivity index (χ2v) is 2.42. The van der Waals surface area contributed by atoms with Gasteiger partial charge in [0, 0.05) is 6.20 Å². The van der Waals surface area contributed by atoms with Crippen LogP contribution in [-0.2, 0) is 0 Å². The smallest absolute Gasteiger partial charge is 0.198 e. The molecule has 0 atom stereocenters. The van der Waals surface area contributed by atoms with Gasteiger partial charge in [-0.05, 0) is 12.1 Å². The Morgan fingerprint density at radius 1 is 1.33 bits per heavy atom. The van der Waals surface area contributed by atoms with Crippen molar-refractivity contribution in [2.45, 2.75) is 0 Å². The second kappa shape index (κ2) is 3.04. The molecule has 0 amide bonds. The lowest BCUT2D eigenvalue weighted by Gasteiger charge is -1.94. The van der Waals surface area contributed by atoms with Gasteiger partial charge in [-0.3, -0.25) is 4.98 Å². The monoisotopic (exact) mass is 160 g/mol. The summed E-state index contributed by atoms with van der Waals surface area (Å²) in [6.07, 6.45) is 1.64. The van der Waals surface area contributed by atoms with Crippen LogP contribution in [-0.4, -0.2) is 4.98 Å². The first-order chi connectivity index (χ1) is 4.30. The van der Waals surface area contributed by atoms with Gasteiger partial charge in [0.05, 0.1) is 5.69 Å². The Kier molecular flexibility index (Phi) is 2.31. The van der Waals surface area contributed by atoms with Crippen LogP contribution in [0.1, 0.15) is 5.69 Å². The van der Waals surface area contributed by atoms with Gasteiger partial charge >= 0.3 is 0 Å². The maximum Gasteiger partial charge on any atom is 0.198 e. The molecule has 0 unspecified atom stereocenters. The number of pyridine rings is 1. The quantitative estimate of drug-likeness (QED) is 0.616. The minimum atomic E-state index is 0.204. The second-order valence-electron chi connectivity index (χ2n) is 1.48. The molecule has 0 aromatic carbocycles. The van der Waals surface area contributed by atoms with Crippen molar-refractivity contribution in [1.82, 2.24) is 4.98 Å². The Morgan fingerprint density at radius 3 is 2.44 bits per heavy atom. The highest BCUT2D eigenvalue weighted by Gasteiger charge is 2.02. The van der Waals surface area contributed by atoms with Crippen LogP contribution in [0.15, 0.2) is 24.4 Å². The van der Waals surface area contributed by atoms with Crippen LogP contribution in [0.25, 0.3) is 0 Å². The van der Waals surface area contributed by atoms with E-state index in [1.54, 1.807) is 18.3 Å². The zero-order chi connectivity index (χ0) is 6.69. The predicted molar refractivity (Wildman–Crippen MR) is 38.3 cm³/mol. The van der Waals surface area contributed by atoms with Gasteiger partial charge in [0.15, 0.2) is 4.84 Å². The van der Waals surface area contributed by atoms with Gasteiger partial charge in [-0.1, -0.05) is 29.3 Å². The molecule has 1 aromatic rings. The molecule has 3 heteroatoms. The van der Waals surface area contributed by atoms with E-state index < -0.39 is 0 Å². The van der Waals surface area contributed by atoms with E-state index in [1.165, 1.54) is 0 Å². The first-order valence-corrected chi connectivity index (χ1v) is 3.15. The fourth-order valence-corrected chi connectivity index (χ4v) is 0.698. The predicted octanol–water partition coefficient (Wildman–Crippen LogP) is 2.40. The summed E-state index contributed by atoms with van der Waals surface area (Å²) in [6, 6.07) is 5.38. The molecule has 1 aromatic heterocycles. The molecule has 47 valence electrons. The lowest BCUT2D eigenvalue weighted by molar-refractivity contribution is 1.24. The molecule has 0 N–H and O–H groups in total. The molecule has 0 fully saturated rings. The highest BCUT2D eigenvalue weighted by molar-refractivity contribution is 6.54. The maximum atomic E-state index is 5.42. The molecule has 9 heavy (non-hydrogen) atoms. The number of hydrogen-bond acceptors (Lipinski definition) is 1. The van der Waals surface area contributed by atoms with Gasteiger partial charge < -0.3 is 0 Å². The average molecular weight is 161 g/mol. The van der Waals surface area contributed by atoms with E-state index in [-0.39, 0.29) is 4.84 Å². The Labute approximate surface area is 63.6 Å². The SMILES string of the molecule is Cl[C](Cl)c1ccccn1. The Morgan fingerprint density at radius 2 is 2.11 bits per heavy atom. The van der Waals surface area contributed by atoms with E-state index in [1.807, 2.05) is 6.07 Å². The van der Waals surface area contributed by atoms with Gasteiger partial charge in [0.1, 0.15) is 0 Å². The van der Waals surface area contributed by atoms with Gasteiger partial charge in [-0.2, -0.15) is 0 Å². The average Bonchev–Trinajstić information content (AvgIpc) is 1.90. The van der Waals surface area contributed by atoms with Crippen LogP contribution in [0.5, 0.6) is 0 Å². The Hall–Kier alpha value is -0.270. The number of aromatic nitrogens is 1. The third-order valence-electron chi connectivity index (χ3n) is 0.859. The molecule has 0 saturated heterocycles. The van der Waals surface area contributed by atoms with Crippen molar-refractivity contribution >= 4 is 23.2 Å². The van der Waals surface area contributed by atoms with E-state index in [4.69, 9.17) is 23.2 Å². The molecule has 0 aliphatic carbocycles. The van der Waals surface area contributed by atoms with E-state index >= 15 is 0 Å². The summed E-state index contributed by atoms with van der Waals surface area (Å²) in [5.74, 6) is 0. The minimum Gasteiger partial charge on any atom is -0.258 e. The first-order valence-electron chi connectivity index (χ1n) is 2.40. The molecule has 0 bridgehead atoms. The molecule has 0 aliphatic heterocycles. The zero-order valence-corrected chi connectivity index (χ0v) is 6.02. The molecule has 0 saturated carbocycles. The highest BCUT2D eigenvalue weighted by Crippen LogP contribution is 2.19. The lowest BCUT2D eigenvalue weighted by Crippen LogP contribution is -1.84. The molecule has 1 heterocycles. The molecule has 0 aliphatic rings. The lowest BCUT2D eigenvalue weighted by atomic mass is 10.4. The van der Waals surface area contributed by atoms with Crippen LogP contribution < -0.4 is 0 Å². The fourth-order valence-electron chi connectivity index (χ4n) is 0.475. The third-order valence-corrected chi connectivity index (χ3v) is 1.25. The Balaban J connectivity index is 2.85. The van der Waals surface area contributed by atoms with Crippen molar-refractivity contribution in [2.24, 2.45) is 0 Å². The topological polar surface area (TPSA) is 12.9 Å². The highest BCUT2D eigenvalue weighted by atomic mass is 35.5. The van der Waals surface area contributed by atoms with Crippen molar-refractivity contribution in [3.8, 4) is 0 Å². The standard InChI is InChI=1S/C6H4Cl2N/c7-6(8)5-3-1-2-4-9-5/h1-4H. The van der Waals surface area contributed by atoms with Crippen molar-refractivity contribution in [3.05, 3.63) is 34.9 Å². The molecule has 1 rings (SSSR count). The normalized spacial score (nSPS) is 10.1. The van der Waals surface area contributed by atoms with Gasteiger partial charge in [-0.15, -0.1) is 0 Å². The summed E-state index contributed by atoms with van der Waals surface area (Å²) in [4.78, 5) is 4.08. The van der Waals surface area contributed by atoms with Gasteiger partial charge in [-0.25, -0.2) is 0 Å². The Bertz CT molecular complexity index is 174. The van der Waals surface area contributed by atoms with Crippen molar-refractivity contribution in [1.29, 1.82) is 0 Å². The van der Waals surface area contributed by atoms with Gasteiger partial charge in [0.25, 0.3) is 0 Å². The van der Waals surface area contributed by atoms with Crippen LogP contribution in [0.4, 0.5) is 0 Å². The molecule has 1 radical (unpaired) electrons. The summed E-state index contributed by atoms with van der Waals surface area (Å²) in [6.45, 7) is 0. The largest absolute Gasteiger partial charge is 0.258 e. The summed E-state index contributed by atoms with van der Waals surface area (Å²) < 4.78 is 0. The molecular formula is C6H4Cl2N. The minimum absolute atomic E-state index is 0.204. The van der Waals surface area contributed by atoms with Crippen molar-refractivity contribution in [2.75, 3.05) is 0 Å². The van der Waals surface area contributed by atoms with Crippen LogP contribution in [0.3, 0.4) is 0 Å². The maximum absolute atomic E-state index is 5.42. The first kappa shape index (κ1) is 6.84. The van der Waals surface area contributed by atoms with Gasteiger partial charge in [0.2, 0.25) is 0 Å². The molecule has 0 spiro atoms. The summed E-state index contributed by atoms with van der Waals surface area (Å²) in [5.41, 5.74) is 0.612. The summed E-state index contributed by atoms with van der Waals surface area (Å²) in [7, 11) is 0. The van der Waals surface area contributed by atoms with E-state index in [9.17, 15) is 0 Å². The number of rotatable bonds is 1. The third kappa shape index (κ3) is 1.84. The van der Waals surface area contributed by atoms with Crippen LogP contribution in [0, 0.1) is 4.84 Å². The van der Waals surface area contributed by atoms with E-state index in [0.717, 1.165) is 0 Å². The van der Waals surface area contributed by atoms with Crippen LogP contribution in [0.2, 0.25) is 0 Å². The fraction of sp³-hybridized carbons (Fsp3) is 0. The number of hydrogen-bond donors (Lipinski definition) is 0. The van der Waals surface area contributed by atoms with E-state index in [0.29, 0.717) is 5.69 Å². The van der Waals surface area contributed by atoms with Crippen molar-refractivity contribution in [3.63, 3.8) is 0 Å². The molecule has 1 nitrogen and oxygen atoms in total. The number of halogens is 2.